The zero-order valence-corrected chi connectivity index (χ0v) is 4.55. The van der Waals surface area contributed by atoms with Crippen molar-refractivity contribution >= 4 is 5.91 Å². The van der Waals surface area contributed by atoms with Gasteiger partial charge in [-0.2, -0.15) is 0 Å². The molecule has 8 heavy (non-hydrogen) atoms. The predicted molar refractivity (Wildman–Crippen MR) is 29.7 cm³/mol. The van der Waals surface area contributed by atoms with Gasteiger partial charge in [-0.1, -0.05) is 6.58 Å². The zero-order valence-electron chi connectivity index (χ0n) is 4.55. The van der Waals surface area contributed by atoms with Gasteiger partial charge in [0.2, 0.25) is 5.91 Å². The second-order valence-corrected chi connectivity index (χ2v) is 1.66. The van der Waals surface area contributed by atoms with Crippen LogP contribution in [0.5, 0.6) is 0 Å². The highest BCUT2D eigenvalue weighted by atomic mass is 16.2. The first-order valence-corrected chi connectivity index (χ1v) is 2.51. The largest absolute Gasteiger partial charge is 0.293 e. The summed E-state index contributed by atoms with van der Waals surface area (Å²) in [5.74, 6) is 0.0740. The van der Waals surface area contributed by atoms with Crippen LogP contribution in [0.25, 0.3) is 0 Å². The molecule has 1 heterocycles. The lowest BCUT2D eigenvalue weighted by Crippen LogP contribution is -2.27. The van der Waals surface area contributed by atoms with Crippen LogP contribution in [0.2, 0.25) is 0 Å². The van der Waals surface area contributed by atoms with Crippen molar-refractivity contribution in [2.75, 3.05) is 6.54 Å². The summed E-state index contributed by atoms with van der Waals surface area (Å²) in [6.07, 6.45) is 2.19. The van der Waals surface area contributed by atoms with E-state index in [1.807, 2.05) is 0 Å². The molecule has 1 fully saturated rings. The van der Waals surface area contributed by atoms with Crippen molar-refractivity contribution in [3.8, 4) is 0 Å². The van der Waals surface area contributed by atoms with Gasteiger partial charge < -0.3 is 0 Å². The average Bonchev–Trinajstić information content (AvgIpc) is 2.14. The van der Waals surface area contributed by atoms with Gasteiger partial charge in [0.15, 0.2) is 0 Å². The van der Waals surface area contributed by atoms with E-state index in [4.69, 9.17) is 0 Å². The van der Waals surface area contributed by atoms with E-state index in [-0.39, 0.29) is 5.91 Å². The molecule has 0 radical (unpaired) electrons. The molecule has 1 N–H and O–H groups in total. The quantitative estimate of drug-likeness (QED) is 0.512. The molecule has 1 saturated heterocycles. The number of nitrogens with one attached hydrogen (secondary N) is 1. The van der Waals surface area contributed by atoms with Gasteiger partial charge >= 0.3 is 0 Å². The fourth-order valence-corrected chi connectivity index (χ4v) is 0.631. The third kappa shape index (κ3) is 0.804. The molecule has 3 heteroatoms. The van der Waals surface area contributed by atoms with Gasteiger partial charge in [0.05, 0.1) is 0 Å². The lowest BCUT2D eigenvalue weighted by molar-refractivity contribution is -0.120. The number of carbonyl (C=O) groups is 1. The van der Waals surface area contributed by atoms with E-state index < -0.39 is 0 Å². The van der Waals surface area contributed by atoms with Crippen LogP contribution < -0.4 is 5.43 Å². The molecule has 1 rings (SSSR count). The maximum Gasteiger partial charge on any atom is 0.240 e. The molecule has 1 aliphatic rings. The molecule has 0 aromatic heterocycles. The summed E-state index contributed by atoms with van der Waals surface area (Å²) in [5.41, 5.74) is 2.58. The van der Waals surface area contributed by atoms with E-state index in [0.717, 1.165) is 6.54 Å². The topological polar surface area (TPSA) is 32.3 Å². The third-order valence-corrected chi connectivity index (χ3v) is 1.07. The maximum absolute atomic E-state index is 10.4. The predicted octanol–water partition coefficient (Wildman–Crippen LogP) is -0.133. The smallest absolute Gasteiger partial charge is 0.240 e. The van der Waals surface area contributed by atoms with Crippen molar-refractivity contribution < 1.29 is 4.79 Å². The van der Waals surface area contributed by atoms with Gasteiger partial charge in [-0.15, -0.1) is 0 Å². The molecule has 0 spiro atoms. The van der Waals surface area contributed by atoms with Crippen LogP contribution >= 0.6 is 0 Å². The minimum absolute atomic E-state index is 0.0740. The molecule has 1 amide bonds. The van der Waals surface area contributed by atoms with Crippen molar-refractivity contribution in [1.29, 1.82) is 0 Å². The highest BCUT2D eigenvalue weighted by molar-refractivity contribution is 5.77. The Hall–Kier alpha value is -0.990. The first-order valence-electron chi connectivity index (χ1n) is 2.51. The summed E-state index contributed by atoms with van der Waals surface area (Å²) in [5, 5.41) is 1.67. The molecule has 0 aliphatic carbocycles. The van der Waals surface area contributed by atoms with Gasteiger partial charge in [-0.05, 0) is 0 Å². The highest BCUT2D eigenvalue weighted by Crippen LogP contribution is 1.95. The van der Waals surface area contributed by atoms with Gasteiger partial charge in [-0.3, -0.25) is 15.2 Å². The van der Waals surface area contributed by atoms with Gasteiger partial charge in [0, 0.05) is 19.2 Å². The highest BCUT2D eigenvalue weighted by Gasteiger charge is 2.12. The second-order valence-electron chi connectivity index (χ2n) is 1.66. The normalized spacial score (nSPS) is 18.5. The third-order valence-electron chi connectivity index (χ3n) is 1.07. The Morgan fingerprint density at radius 2 is 2.62 bits per heavy atom. The molecule has 0 bridgehead atoms. The van der Waals surface area contributed by atoms with Gasteiger partial charge in [0.25, 0.3) is 0 Å². The molecule has 0 aromatic carbocycles. The fraction of sp³-hybridized carbons (Fsp3) is 0.400. The summed E-state index contributed by atoms with van der Waals surface area (Å²) in [6.45, 7) is 4.24. The first kappa shape index (κ1) is 5.15. The van der Waals surface area contributed by atoms with Crippen molar-refractivity contribution in [1.82, 2.24) is 10.4 Å². The summed E-state index contributed by atoms with van der Waals surface area (Å²) in [7, 11) is 0. The van der Waals surface area contributed by atoms with E-state index >= 15 is 0 Å². The lowest BCUT2D eigenvalue weighted by Gasteiger charge is -2.08. The van der Waals surface area contributed by atoms with E-state index in [9.17, 15) is 4.79 Å². The van der Waals surface area contributed by atoms with Crippen LogP contribution in [0.3, 0.4) is 0 Å². The van der Waals surface area contributed by atoms with Crippen molar-refractivity contribution in [3.05, 3.63) is 12.8 Å². The summed E-state index contributed by atoms with van der Waals surface area (Å²) < 4.78 is 0. The molecular weight excluding hydrogens is 104 g/mol. The Morgan fingerprint density at radius 1 is 1.88 bits per heavy atom. The molecule has 0 atom stereocenters. The molecule has 3 nitrogen and oxygen atoms in total. The van der Waals surface area contributed by atoms with E-state index in [1.54, 1.807) is 11.2 Å². The minimum Gasteiger partial charge on any atom is -0.293 e. The van der Waals surface area contributed by atoms with Crippen LogP contribution in [0.1, 0.15) is 6.42 Å². The minimum atomic E-state index is 0.0740. The van der Waals surface area contributed by atoms with Crippen molar-refractivity contribution in [3.63, 3.8) is 0 Å². The van der Waals surface area contributed by atoms with Crippen molar-refractivity contribution in [2.24, 2.45) is 0 Å². The van der Waals surface area contributed by atoms with E-state index in [2.05, 4.69) is 12.0 Å². The SMILES string of the molecule is C=CN1CCC(=O)N1. The lowest BCUT2D eigenvalue weighted by atomic mass is 10.4. The molecular formula is C5H8N2O. The number of hydrogen-bond donors (Lipinski definition) is 1. The van der Waals surface area contributed by atoms with Gasteiger partial charge in [-0.25, -0.2) is 0 Å². The van der Waals surface area contributed by atoms with Gasteiger partial charge in [0.1, 0.15) is 0 Å². The Kier molecular flexibility index (Phi) is 1.20. The number of carbonyl (C=O) groups excluding carboxylic acids is 1. The number of amides is 1. The second kappa shape index (κ2) is 1.86. The van der Waals surface area contributed by atoms with E-state index in [1.165, 1.54) is 0 Å². The van der Waals surface area contributed by atoms with Crippen LogP contribution in [0.4, 0.5) is 0 Å². The standard InChI is InChI=1S/C5H8N2O/c1-2-7-4-3-5(8)6-7/h2H,1,3-4H2,(H,6,8). The number of nitrogens with zero attached hydrogens (tertiary/aromatic N) is 1. The van der Waals surface area contributed by atoms with E-state index in [0.29, 0.717) is 6.42 Å². The van der Waals surface area contributed by atoms with Crippen LogP contribution in [0, 0.1) is 0 Å². The molecule has 0 unspecified atom stereocenters. The number of hydrazine groups is 1. The number of rotatable bonds is 1. The fourth-order valence-electron chi connectivity index (χ4n) is 0.631. The summed E-state index contributed by atoms with van der Waals surface area (Å²) in [6, 6.07) is 0. The summed E-state index contributed by atoms with van der Waals surface area (Å²) in [4.78, 5) is 10.4. The Labute approximate surface area is 47.9 Å². The molecule has 44 valence electrons. The first-order chi connectivity index (χ1) is 3.83. The van der Waals surface area contributed by atoms with Crippen LogP contribution in [-0.2, 0) is 4.79 Å². The molecule has 0 aromatic rings. The average molecular weight is 112 g/mol. The molecule has 1 aliphatic heterocycles. The number of hydrogen-bond acceptors (Lipinski definition) is 2. The van der Waals surface area contributed by atoms with Crippen LogP contribution in [-0.4, -0.2) is 17.5 Å². The summed E-state index contributed by atoms with van der Waals surface area (Å²) >= 11 is 0. The Morgan fingerprint density at radius 3 is 2.88 bits per heavy atom. The monoisotopic (exact) mass is 112 g/mol. The molecule has 0 saturated carbocycles. The zero-order chi connectivity index (χ0) is 5.98. The Balaban J connectivity index is 2.43. The van der Waals surface area contributed by atoms with Crippen LogP contribution in [0.15, 0.2) is 12.8 Å². The Bertz CT molecular complexity index is 122. The maximum atomic E-state index is 10.4. The van der Waals surface area contributed by atoms with Crippen molar-refractivity contribution in [2.45, 2.75) is 6.42 Å².